The molecule has 1 aromatic rings. The fourth-order valence-corrected chi connectivity index (χ4v) is 1.67. The molecular formula is C11H16N4. The van der Waals surface area contributed by atoms with Crippen molar-refractivity contribution in [3.63, 3.8) is 0 Å². The lowest BCUT2D eigenvalue weighted by molar-refractivity contribution is 0.312. The second kappa shape index (κ2) is 4.40. The van der Waals surface area contributed by atoms with E-state index in [4.69, 9.17) is 0 Å². The monoisotopic (exact) mass is 204 g/mol. The van der Waals surface area contributed by atoms with Crippen molar-refractivity contribution in [2.24, 2.45) is 0 Å². The van der Waals surface area contributed by atoms with Crippen molar-refractivity contribution in [1.82, 2.24) is 15.1 Å². The number of likely N-dealkylation sites (N-methyl/N-ethyl adjacent to an activating group) is 1. The van der Waals surface area contributed by atoms with Crippen LogP contribution >= 0.6 is 0 Å². The summed E-state index contributed by atoms with van der Waals surface area (Å²) in [6.07, 6.45) is 3.53. The van der Waals surface area contributed by atoms with Crippen LogP contribution in [0.2, 0.25) is 0 Å². The standard InChI is InChI=1S/C11H16N4/c1-3-10-8-11(13-12-9-10)15-6-4-14(2)5-7-15/h3,8-9H,1,4-7H2,2H3. The fraction of sp³-hybridized carbons (Fsp3) is 0.455. The summed E-state index contributed by atoms with van der Waals surface area (Å²) in [5.41, 5.74) is 1.03. The number of hydrogen-bond acceptors (Lipinski definition) is 4. The van der Waals surface area contributed by atoms with Gasteiger partial charge in [-0.3, -0.25) is 0 Å². The summed E-state index contributed by atoms with van der Waals surface area (Å²) >= 11 is 0. The van der Waals surface area contributed by atoms with Gasteiger partial charge in [-0.25, -0.2) is 0 Å². The molecular weight excluding hydrogens is 188 g/mol. The van der Waals surface area contributed by atoms with Crippen LogP contribution in [-0.4, -0.2) is 48.3 Å². The first-order valence-electron chi connectivity index (χ1n) is 5.18. The Labute approximate surface area is 90.2 Å². The number of piperazine rings is 1. The van der Waals surface area contributed by atoms with E-state index < -0.39 is 0 Å². The Bertz CT molecular complexity index is 342. The number of aromatic nitrogens is 2. The Morgan fingerprint density at radius 1 is 1.33 bits per heavy atom. The molecule has 4 nitrogen and oxygen atoms in total. The third-order valence-corrected chi connectivity index (χ3v) is 2.73. The molecule has 0 amide bonds. The van der Waals surface area contributed by atoms with E-state index in [1.807, 2.05) is 6.07 Å². The van der Waals surface area contributed by atoms with Crippen LogP contribution in [-0.2, 0) is 0 Å². The minimum Gasteiger partial charge on any atom is -0.353 e. The van der Waals surface area contributed by atoms with E-state index in [9.17, 15) is 0 Å². The third kappa shape index (κ3) is 2.33. The van der Waals surface area contributed by atoms with Crippen LogP contribution in [0.3, 0.4) is 0 Å². The van der Waals surface area contributed by atoms with Gasteiger partial charge in [0, 0.05) is 26.2 Å². The van der Waals surface area contributed by atoms with Crippen LogP contribution in [0.5, 0.6) is 0 Å². The number of rotatable bonds is 2. The van der Waals surface area contributed by atoms with Gasteiger partial charge in [0.15, 0.2) is 5.82 Å². The van der Waals surface area contributed by atoms with E-state index in [1.165, 1.54) is 0 Å². The molecule has 0 unspecified atom stereocenters. The van der Waals surface area contributed by atoms with E-state index in [-0.39, 0.29) is 0 Å². The zero-order valence-electron chi connectivity index (χ0n) is 9.06. The summed E-state index contributed by atoms with van der Waals surface area (Å²) in [5.74, 6) is 0.959. The smallest absolute Gasteiger partial charge is 0.151 e. The van der Waals surface area contributed by atoms with Crippen LogP contribution in [0.1, 0.15) is 5.56 Å². The van der Waals surface area contributed by atoms with Crippen molar-refractivity contribution in [3.8, 4) is 0 Å². The van der Waals surface area contributed by atoms with Crippen molar-refractivity contribution >= 4 is 11.9 Å². The normalized spacial score (nSPS) is 17.8. The summed E-state index contributed by atoms with van der Waals surface area (Å²) in [6, 6.07) is 2.03. The van der Waals surface area contributed by atoms with Crippen LogP contribution < -0.4 is 4.90 Å². The molecule has 1 aliphatic heterocycles. The van der Waals surface area contributed by atoms with Crippen molar-refractivity contribution < 1.29 is 0 Å². The first-order chi connectivity index (χ1) is 7.29. The van der Waals surface area contributed by atoms with Crippen LogP contribution in [0, 0.1) is 0 Å². The summed E-state index contributed by atoms with van der Waals surface area (Å²) in [7, 11) is 2.14. The highest BCUT2D eigenvalue weighted by Crippen LogP contribution is 2.13. The first kappa shape index (κ1) is 10.1. The maximum absolute atomic E-state index is 4.15. The lowest BCUT2D eigenvalue weighted by Crippen LogP contribution is -2.44. The molecule has 0 atom stereocenters. The van der Waals surface area contributed by atoms with Crippen LogP contribution in [0.15, 0.2) is 18.8 Å². The highest BCUT2D eigenvalue weighted by atomic mass is 15.3. The molecule has 0 bridgehead atoms. The van der Waals surface area contributed by atoms with Gasteiger partial charge in [-0.2, -0.15) is 5.10 Å². The van der Waals surface area contributed by atoms with E-state index in [2.05, 4.69) is 33.6 Å². The summed E-state index contributed by atoms with van der Waals surface area (Å²) in [5, 5.41) is 8.12. The Hall–Kier alpha value is -1.42. The minimum absolute atomic E-state index is 0.959. The second-order valence-electron chi connectivity index (χ2n) is 3.84. The van der Waals surface area contributed by atoms with Crippen LogP contribution in [0.25, 0.3) is 6.08 Å². The zero-order chi connectivity index (χ0) is 10.7. The molecule has 2 heterocycles. The number of anilines is 1. The Balaban J connectivity index is 2.11. The highest BCUT2D eigenvalue weighted by molar-refractivity contribution is 5.51. The van der Waals surface area contributed by atoms with Gasteiger partial charge in [0.05, 0.1) is 6.20 Å². The van der Waals surface area contributed by atoms with Crippen molar-refractivity contribution in [1.29, 1.82) is 0 Å². The van der Waals surface area contributed by atoms with Gasteiger partial charge in [0.2, 0.25) is 0 Å². The lowest BCUT2D eigenvalue weighted by Gasteiger charge is -2.32. The van der Waals surface area contributed by atoms with E-state index in [0.717, 1.165) is 37.6 Å². The van der Waals surface area contributed by atoms with Gasteiger partial charge in [0.1, 0.15) is 0 Å². The molecule has 4 heteroatoms. The quantitative estimate of drug-likeness (QED) is 0.715. The molecule has 2 rings (SSSR count). The Kier molecular flexibility index (Phi) is 2.97. The maximum Gasteiger partial charge on any atom is 0.151 e. The zero-order valence-corrected chi connectivity index (χ0v) is 9.06. The third-order valence-electron chi connectivity index (χ3n) is 2.73. The first-order valence-corrected chi connectivity index (χ1v) is 5.18. The SMILES string of the molecule is C=Cc1cnnc(N2CCN(C)CC2)c1. The molecule has 0 spiro atoms. The Morgan fingerprint density at radius 2 is 2.07 bits per heavy atom. The van der Waals surface area contributed by atoms with Crippen molar-refractivity contribution in [2.45, 2.75) is 0 Å². The molecule has 0 aliphatic carbocycles. The second-order valence-corrected chi connectivity index (χ2v) is 3.84. The van der Waals surface area contributed by atoms with Gasteiger partial charge < -0.3 is 9.80 Å². The molecule has 1 aliphatic rings. The van der Waals surface area contributed by atoms with Gasteiger partial charge in [-0.05, 0) is 18.7 Å². The predicted octanol–water partition coefficient (Wildman–Crippen LogP) is 0.871. The molecule has 0 N–H and O–H groups in total. The molecule has 0 radical (unpaired) electrons. The topological polar surface area (TPSA) is 32.3 Å². The molecule has 1 aromatic heterocycles. The minimum atomic E-state index is 0.959. The largest absolute Gasteiger partial charge is 0.353 e. The summed E-state index contributed by atoms with van der Waals surface area (Å²) in [6.45, 7) is 7.94. The van der Waals surface area contributed by atoms with E-state index in [1.54, 1.807) is 12.3 Å². The van der Waals surface area contributed by atoms with Gasteiger partial charge in [0.25, 0.3) is 0 Å². The highest BCUT2D eigenvalue weighted by Gasteiger charge is 2.15. The molecule has 0 saturated carbocycles. The average molecular weight is 204 g/mol. The van der Waals surface area contributed by atoms with E-state index >= 15 is 0 Å². The molecule has 80 valence electrons. The van der Waals surface area contributed by atoms with Crippen molar-refractivity contribution in [2.75, 3.05) is 38.1 Å². The Morgan fingerprint density at radius 3 is 2.73 bits per heavy atom. The van der Waals surface area contributed by atoms with Gasteiger partial charge >= 0.3 is 0 Å². The van der Waals surface area contributed by atoms with Gasteiger partial charge in [-0.15, -0.1) is 5.10 Å². The molecule has 1 saturated heterocycles. The molecule has 15 heavy (non-hydrogen) atoms. The summed E-state index contributed by atoms with van der Waals surface area (Å²) < 4.78 is 0. The predicted molar refractivity (Wildman–Crippen MR) is 61.8 cm³/mol. The number of nitrogens with zero attached hydrogens (tertiary/aromatic N) is 4. The van der Waals surface area contributed by atoms with E-state index in [0.29, 0.717) is 0 Å². The average Bonchev–Trinajstić information content (AvgIpc) is 2.30. The van der Waals surface area contributed by atoms with Crippen LogP contribution in [0.4, 0.5) is 5.82 Å². The fourth-order valence-electron chi connectivity index (χ4n) is 1.67. The molecule has 1 fully saturated rings. The van der Waals surface area contributed by atoms with Crippen molar-refractivity contribution in [3.05, 3.63) is 24.4 Å². The van der Waals surface area contributed by atoms with Gasteiger partial charge in [-0.1, -0.05) is 12.7 Å². The summed E-state index contributed by atoms with van der Waals surface area (Å²) in [4.78, 5) is 4.58. The molecule has 0 aromatic carbocycles. The maximum atomic E-state index is 4.15. The lowest BCUT2D eigenvalue weighted by atomic mass is 10.2. The number of hydrogen-bond donors (Lipinski definition) is 0.